The molecule has 0 saturated carbocycles. The summed E-state index contributed by atoms with van der Waals surface area (Å²) in [7, 11) is 1.29. The van der Waals surface area contributed by atoms with Gasteiger partial charge in [0.25, 0.3) is 0 Å². The number of aliphatic imine (C=N–C) groups is 1. The van der Waals surface area contributed by atoms with E-state index in [0.717, 1.165) is 5.56 Å². The molecule has 22 heavy (non-hydrogen) atoms. The van der Waals surface area contributed by atoms with Crippen LogP contribution in [-0.2, 0) is 19.1 Å². The van der Waals surface area contributed by atoms with Crippen molar-refractivity contribution >= 4 is 17.8 Å². The summed E-state index contributed by atoms with van der Waals surface area (Å²) < 4.78 is 9.92. The Morgan fingerprint density at radius 3 is 2.64 bits per heavy atom. The number of nitrogens with zero attached hydrogens (tertiary/aromatic N) is 1. The van der Waals surface area contributed by atoms with Crippen LogP contribution in [0.5, 0.6) is 0 Å². The Kier molecular flexibility index (Phi) is 4.75. The molecular formula is C17H19NO4. The maximum absolute atomic E-state index is 12.4. The van der Waals surface area contributed by atoms with Crippen LogP contribution < -0.4 is 0 Å². The number of hydrogen-bond donors (Lipinski definition) is 0. The molecule has 0 spiro atoms. The van der Waals surface area contributed by atoms with E-state index in [4.69, 9.17) is 4.74 Å². The first-order chi connectivity index (χ1) is 10.5. The fourth-order valence-corrected chi connectivity index (χ4v) is 2.33. The largest absolute Gasteiger partial charge is 0.466 e. The van der Waals surface area contributed by atoms with Gasteiger partial charge in [-0.1, -0.05) is 32.0 Å². The van der Waals surface area contributed by atoms with E-state index in [0.29, 0.717) is 6.42 Å². The molecule has 5 heteroatoms. The van der Waals surface area contributed by atoms with Gasteiger partial charge in [-0.05, 0) is 30.5 Å². The minimum Gasteiger partial charge on any atom is -0.466 e. The Hall–Kier alpha value is -2.43. The second-order valence-electron chi connectivity index (χ2n) is 5.55. The molecule has 1 atom stereocenters. The van der Waals surface area contributed by atoms with Crippen molar-refractivity contribution in [2.24, 2.45) is 10.9 Å². The van der Waals surface area contributed by atoms with Crippen LogP contribution in [0.4, 0.5) is 0 Å². The molecule has 116 valence electrons. The van der Waals surface area contributed by atoms with Gasteiger partial charge < -0.3 is 9.47 Å². The molecule has 0 unspecified atom stereocenters. The Morgan fingerprint density at radius 2 is 2.05 bits per heavy atom. The lowest BCUT2D eigenvalue weighted by Gasteiger charge is -2.19. The van der Waals surface area contributed by atoms with Crippen molar-refractivity contribution in [2.45, 2.75) is 25.8 Å². The van der Waals surface area contributed by atoms with Gasteiger partial charge in [-0.2, -0.15) is 0 Å². The van der Waals surface area contributed by atoms with Gasteiger partial charge in [-0.3, -0.25) is 0 Å². The van der Waals surface area contributed by atoms with Crippen molar-refractivity contribution in [3.05, 3.63) is 48.0 Å². The van der Waals surface area contributed by atoms with Gasteiger partial charge in [0.15, 0.2) is 5.54 Å². The Labute approximate surface area is 129 Å². The molecule has 0 bridgehead atoms. The first-order valence-electron chi connectivity index (χ1n) is 7.11. The summed E-state index contributed by atoms with van der Waals surface area (Å²) in [5.74, 6) is -0.519. The smallest absolute Gasteiger partial charge is 0.344 e. The molecular weight excluding hydrogens is 282 g/mol. The number of carbonyl (C=O) groups is 2. The van der Waals surface area contributed by atoms with E-state index in [-0.39, 0.29) is 11.8 Å². The number of cyclic esters (lactones) is 1. The highest BCUT2D eigenvalue weighted by molar-refractivity contribution is 6.09. The van der Waals surface area contributed by atoms with E-state index in [2.05, 4.69) is 9.73 Å². The van der Waals surface area contributed by atoms with Crippen LogP contribution in [0.1, 0.15) is 25.8 Å². The minimum absolute atomic E-state index is 0.203. The normalized spacial score (nSPS) is 21.1. The van der Waals surface area contributed by atoms with Gasteiger partial charge >= 0.3 is 11.9 Å². The molecule has 1 aromatic carbocycles. The van der Waals surface area contributed by atoms with E-state index in [1.165, 1.54) is 19.3 Å². The average Bonchev–Trinajstić information content (AvgIpc) is 2.82. The van der Waals surface area contributed by atoms with Crippen molar-refractivity contribution in [1.82, 2.24) is 0 Å². The van der Waals surface area contributed by atoms with Gasteiger partial charge in [0, 0.05) is 11.6 Å². The van der Waals surface area contributed by atoms with Crippen LogP contribution in [0.25, 0.3) is 0 Å². The molecule has 1 aliphatic rings. The highest BCUT2D eigenvalue weighted by atomic mass is 16.6. The van der Waals surface area contributed by atoms with Crippen molar-refractivity contribution in [3.8, 4) is 0 Å². The van der Waals surface area contributed by atoms with Crippen LogP contribution in [0.2, 0.25) is 0 Å². The highest BCUT2D eigenvalue weighted by Crippen LogP contribution is 2.31. The van der Waals surface area contributed by atoms with Gasteiger partial charge in [0.05, 0.1) is 7.11 Å². The number of benzene rings is 1. The SMILES string of the molecule is COC(=O)/C=C\[C@]1(CC(C)C)N=C(c2ccccc2)OC1=O. The predicted molar refractivity (Wildman–Crippen MR) is 82.4 cm³/mol. The summed E-state index contributed by atoms with van der Waals surface area (Å²) in [6, 6.07) is 9.21. The maximum Gasteiger partial charge on any atom is 0.344 e. The molecule has 0 aliphatic carbocycles. The van der Waals surface area contributed by atoms with Crippen LogP contribution >= 0.6 is 0 Å². The third-order valence-corrected chi connectivity index (χ3v) is 3.28. The fraction of sp³-hybridized carbons (Fsp3) is 0.353. The van der Waals surface area contributed by atoms with Gasteiger partial charge in [0.1, 0.15) is 0 Å². The summed E-state index contributed by atoms with van der Waals surface area (Å²) in [5, 5.41) is 0. The molecule has 5 nitrogen and oxygen atoms in total. The quantitative estimate of drug-likeness (QED) is 0.619. The number of ether oxygens (including phenoxy) is 2. The van der Waals surface area contributed by atoms with Crippen molar-refractivity contribution in [3.63, 3.8) is 0 Å². The number of hydrogen-bond acceptors (Lipinski definition) is 5. The van der Waals surface area contributed by atoms with Crippen LogP contribution in [0.3, 0.4) is 0 Å². The van der Waals surface area contributed by atoms with Crippen molar-refractivity contribution in [1.29, 1.82) is 0 Å². The number of methoxy groups -OCH3 is 1. The predicted octanol–water partition coefficient (Wildman–Crippen LogP) is 2.50. The molecule has 2 rings (SSSR count). The Morgan fingerprint density at radius 1 is 1.36 bits per heavy atom. The number of esters is 2. The van der Waals surface area contributed by atoms with E-state index >= 15 is 0 Å². The Balaban J connectivity index is 2.39. The van der Waals surface area contributed by atoms with Gasteiger partial charge in [0.2, 0.25) is 5.90 Å². The summed E-state index contributed by atoms with van der Waals surface area (Å²) in [6.45, 7) is 3.97. The van der Waals surface area contributed by atoms with E-state index in [1.807, 2.05) is 44.2 Å². The maximum atomic E-state index is 12.4. The lowest BCUT2D eigenvalue weighted by molar-refractivity contribution is -0.137. The summed E-state index contributed by atoms with van der Waals surface area (Å²) in [6.07, 6.45) is 3.15. The molecule has 0 aromatic heterocycles. The van der Waals surface area contributed by atoms with E-state index < -0.39 is 17.5 Å². The first-order valence-corrected chi connectivity index (χ1v) is 7.11. The summed E-state index contributed by atoms with van der Waals surface area (Å²) in [5.41, 5.74) is -0.444. The number of rotatable bonds is 5. The third kappa shape index (κ3) is 3.42. The highest BCUT2D eigenvalue weighted by Gasteiger charge is 2.44. The van der Waals surface area contributed by atoms with Crippen molar-refractivity contribution in [2.75, 3.05) is 7.11 Å². The van der Waals surface area contributed by atoms with Crippen LogP contribution in [0.15, 0.2) is 47.5 Å². The van der Waals surface area contributed by atoms with Crippen LogP contribution in [0, 0.1) is 5.92 Å². The molecule has 0 saturated heterocycles. The zero-order valence-electron chi connectivity index (χ0n) is 12.9. The monoisotopic (exact) mass is 301 g/mol. The molecule has 0 N–H and O–H groups in total. The van der Waals surface area contributed by atoms with E-state index in [1.54, 1.807) is 0 Å². The van der Waals surface area contributed by atoms with Crippen LogP contribution in [-0.4, -0.2) is 30.5 Å². The molecule has 1 aromatic rings. The van der Waals surface area contributed by atoms with Gasteiger partial charge in [-0.15, -0.1) is 0 Å². The second-order valence-corrected chi connectivity index (χ2v) is 5.55. The third-order valence-electron chi connectivity index (χ3n) is 3.28. The van der Waals surface area contributed by atoms with Crippen molar-refractivity contribution < 1.29 is 19.1 Å². The Bertz CT molecular complexity index is 619. The lowest BCUT2D eigenvalue weighted by Crippen LogP contribution is -2.33. The first kappa shape index (κ1) is 15.9. The fourth-order valence-electron chi connectivity index (χ4n) is 2.33. The lowest BCUT2D eigenvalue weighted by atomic mass is 9.89. The molecule has 0 radical (unpaired) electrons. The average molecular weight is 301 g/mol. The van der Waals surface area contributed by atoms with Gasteiger partial charge in [-0.25, -0.2) is 14.6 Å². The second kappa shape index (κ2) is 6.56. The zero-order valence-corrected chi connectivity index (χ0v) is 12.9. The summed E-state index contributed by atoms with van der Waals surface area (Å²) >= 11 is 0. The van der Waals surface area contributed by atoms with E-state index in [9.17, 15) is 9.59 Å². The topological polar surface area (TPSA) is 65.0 Å². The molecule has 1 heterocycles. The molecule has 0 fully saturated rings. The zero-order chi connectivity index (χ0) is 16.2. The molecule has 0 amide bonds. The standard InChI is InChI=1S/C17H19NO4/c1-12(2)11-17(10-9-14(19)21-3)16(20)22-15(18-17)13-7-5-4-6-8-13/h4-10,12H,11H2,1-3H3/b10-9-/t17-/m1/s1. The summed E-state index contributed by atoms with van der Waals surface area (Å²) in [4.78, 5) is 28.2. The minimum atomic E-state index is -1.17. The molecule has 1 aliphatic heterocycles. The number of carbonyl (C=O) groups excluding carboxylic acids is 2.